The largest absolute Gasteiger partial charge is 0.493 e. The van der Waals surface area contributed by atoms with Crippen molar-refractivity contribution >= 4 is 27.0 Å². The highest BCUT2D eigenvalue weighted by Crippen LogP contribution is 2.40. The second-order valence-corrected chi connectivity index (χ2v) is 13.3. The Kier molecular flexibility index (Phi) is 16.5. The molecule has 3 aromatic carbocycles. The molecule has 0 fully saturated rings. The fourth-order valence-corrected chi connectivity index (χ4v) is 6.43. The first-order valence-electron chi connectivity index (χ1n) is 18.1. The van der Waals surface area contributed by atoms with Crippen molar-refractivity contribution in [1.29, 1.82) is 0 Å². The molecule has 6 heteroatoms. The van der Waals surface area contributed by atoms with Crippen LogP contribution in [0.1, 0.15) is 117 Å². The van der Waals surface area contributed by atoms with Crippen molar-refractivity contribution in [3.05, 3.63) is 60.7 Å². The summed E-state index contributed by atoms with van der Waals surface area (Å²) in [6.45, 7) is 6.79. The molecular formula is C40H56BrN3O2. The third-order valence-corrected chi connectivity index (χ3v) is 9.25. The molecule has 0 N–H and O–H groups in total. The molecule has 0 unspecified atom stereocenters. The SMILES string of the molecule is CCCCCCCCOc1ccccc1-c1ccc(-c2ccccc2OCCCCCCCC)c2nn(CCCCCCBr)nc12. The molecule has 1 aromatic heterocycles. The van der Waals surface area contributed by atoms with Crippen LogP contribution in [0.5, 0.6) is 11.5 Å². The van der Waals surface area contributed by atoms with E-state index in [0.717, 1.165) is 89.1 Å². The number of fused-ring (bicyclic) bond motifs is 1. The molecule has 4 aromatic rings. The molecule has 0 saturated carbocycles. The molecule has 0 bridgehead atoms. The van der Waals surface area contributed by atoms with E-state index in [1.165, 1.54) is 83.5 Å². The molecule has 4 rings (SSSR count). The van der Waals surface area contributed by atoms with Crippen LogP contribution in [0.15, 0.2) is 60.7 Å². The van der Waals surface area contributed by atoms with Gasteiger partial charge in [0.2, 0.25) is 0 Å². The summed E-state index contributed by atoms with van der Waals surface area (Å²) in [5, 5.41) is 11.3. The molecule has 0 aliphatic carbocycles. The van der Waals surface area contributed by atoms with E-state index >= 15 is 0 Å². The van der Waals surface area contributed by atoms with Gasteiger partial charge < -0.3 is 9.47 Å². The molecular weight excluding hydrogens is 634 g/mol. The lowest BCUT2D eigenvalue weighted by atomic mass is 9.97. The summed E-state index contributed by atoms with van der Waals surface area (Å²) in [5.74, 6) is 1.83. The van der Waals surface area contributed by atoms with Gasteiger partial charge in [0, 0.05) is 27.6 Å². The van der Waals surface area contributed by atoms with Crippen LogP contribution in [0.4, 0.5) is 0 Å². The zero-order chi connectivity index (χ0) is 32.2. The Morgan fingerprint density at radius 3 is 1.43 bits per heavy atom. The summed E-state index contributed by atoms with van der Waals surface area (Å²) < 4.78 is 12.8. The van der Waals surface area contributed by atoms with E-state index in [9.17, 15) is 0 Å². The second kappa shape index (κ2) is 21.1. The molecule has 250 valence electrons. The van der Waals surface area contributed by atoms with Crippen LogP contribution in [0.2, 0.25) is 0 Å². The lowest BCUT2D eigenvalue weighted by Crippen LogP contribution is -2.02. The topological polar surface area (TPSA) is 49.2 Å². The lowest BCUT2D eigenvalue weighted by molar-refractivity contribution is 0.305. The van der Waals surface area contributed by atoms with Gasteiger partial charge >= 0.3 is 0 Å². The van der Waals surface area contributed by atoms with Crippen LogP contribution in [0, 0.1) is 0 Å². The molecule has 0 spiro atoms. The average Bonchev–Trinajstić information content (AvgIpc) is 3.52. The van der Waals surface area contributed by atoms with E-state index in [-0.39, 0.29) is 0 Å². The number of alkyl halides is 1. The number of hydrogen-bond acceptors (Lipinski definition) is 4. The average molecular weight is 691 g/mol. The van der Waals surface area contributed by atoms with Crippen molar-refractivity contribution < 1.29 is 9.47 Å². The Morgan fingerprint density at radius 2 is 0.935 bits per heavy atom. The highest BCUT2D eigenvalue weighted by molar-refractivity contribution is 9.09. The number of aryl methyl sites for hydroxylation is 1. The number of unbranched alkanes of at least 4 members (excludes halogenated alkanes) is 13. The maximum absolute atomic E-state index is 6.40. The number of para-hydroxylation sites is 2. The van der Waals surface area contributed by atoms with Crippen LogP contribution in [-0.4, -0.2) is 33.5 Å². The second-order valence-electron chi connectivity index (χ2n) is 12.5. The minimum absolute atomic E-state index is 0.731. The smallest absolute Gasteiger partial charge is 0.127 e. The van der Waals surface area contributed by atoms with Crippen molar-refractivity contribution in [1.82, 2.24) is 15.0 Å². The van der Waals surface area contributed by atoms with Gasteiger partial charge in [-0.2, -0.15) is 15.0 Å². The maximum atomic E-state index is 6.40. The van der Waals surface area contributed by atoms with Crippen molar-refractivity contribution in [2.24, 2.45) is 0 Å². The van der Waals surface area contributed by atoms with Crippen LogP contribution in [0.3, 0.4) is 0 Å². The first-order chi connectivity index (χ1) is 22.8. The number of halogens is 1. The fourth-order valence-electron chi connectivity index (χ4n) is 6.03. The van der Waals surface area contributed by atoms with Gasteiger partial charge in [0.25, 0.3) is 0 Å². The Morgan fingerprint density at radius 1 is 0.500 bits per heavy atom. The summed E-state index contributed by atoms with van der Waals surface area (Å²) in [5.41, 5.74) is 6.10. The molecule has 0 aliphatic heterocycles. The van der Waals surface area contributed by atoms with Gasteiger partial charge in [-0.3, -0.25) is 0 Å². The Hall–Kier alpha value is -2.86. The summed E-state index contributed by atoms with van der Waals surface area (Å²) in [6.07, 6.45) is 19.6. The first kappa shape index (κ1) is 36.0. The highest BCUT2D eigenvalue weighted by Gasteiger charge is 2.19. The summed E-state index contributed by atoms with van der Waals surface area (Å²) in [7, 11) is 0. The molecule has 5 nitrogen and oxygen atoms in total. The first-order valence-corrected chi connectivity index (χ1v) is 19.3. The zero-order valence-electron chi connectivity index (χ0n) is 28.5. The predicted octanol–water partition coefficient (Wildman–Crippen LogP) is 12.2. The standard InChI is InChI=1S/C40H56BrN3O2/c1-3-5-7-9-13-21-31-45-37-25-17-15-23-33(37)35-27-28-36(40-39(35)42-44(43-40)30-20-12-11-19-29-41)34-24-16-18-26-38(34)46-32-22-14-10-8-6-4-2/h15-18,23-28H,3-14,19-22,29-32H2,1-2H3. The molecule has 0 amide bonds. The number of aromatic nitrogens is 3. The normalized spacial score (nSPS) is 11.4. The van der Waals surface area contributed by atoms with E-state index in [1.807, 2.05) is 4.80 Å². The highest BCUT2D eigenvalue weighted by atomic mass is 79.9. The van der Waals surface area contributed by atoms with Crippen molar-refractivity contribution in [3.63, 3.8) is 0 Å². The van der Waals surface area contributed by atoms with Crippen LogP contribution < -0.4 is 9.47 Å². The third-order valence-electron chi connectivity index (χ3n) is 8.69. The minimum atomic E-state index is 0.731. The zero-order valence-corrected chi connectivity index (χ0v) is 30.0. The number of benzene rings is 3. The monoisotopic (exact) mass is 689 g/mol. The fraction of sp³-hybridized carbons (Fsp3) is 0.550. The van der Waals surface area contributed by atoms with Gasteiger partial charge in [0.15, 0.2) is 0 Å². The Bertz CT molecular complexity index is 1320. The summed E-state index contributed by atoms with van der Waals surface area (Å²) in [6, 6.07) is 21.2. The van der Waals surface area contributed by atoms with Crippen LogP contribution in [0.25, 0.3) is 33.3 Å². The van der Waals surface area contributed by atoms with Crippen LogP contribution >= 0.6 is 15.9 Å². The van der Waals surface area contributed by atoms with Gasteiger partial charge in [-0.1, -0.05) is 155 Å². The lowest BCUT2D eigenvalue weighted by Gasteiger charge is -2.14. The Labute approximate surface area is 286 Å². The number of nitrogens with zero attached hydrogens (tertiary/aromatic N) is 3. The van der Waals surface area contributed by atoms with E-state index in [2.05, 4.69) is 90.4 Å². The summed E-state index contributed by atoms with van der Waals surface area (Å²) >= 11 is 3.56. The van der Waals surface area contributed by atoms with Crippen molar-refractivity contribution in [2.75, 3.05) is 18.5 Å². The number of hydrogen-bond donors (Lipinski definition) is 0. The van der Waals surface area contributed by atoms with Gasteiger partial charge in [-0.15, -0.1) is 0 Å². The van der Waals surface area contributed by atoms with E-state index in [1.54, 1.807) is 0 Å². The third kappa shape index (κ3) is 11.1. The Balaban J connectivity index is 1.59. The van der Waals surface area contributed by atoms with Gasteiger partial charge in [0.05, 0.1) is 19.8 Å². The van der Waals surface area contributed by atoms with Gasteiger partial charge in [-0.25, -0.2) is 0 Å². The minimum Gasteiger partial charge on any atom is -0.493 e. The van der Waals surface area contributed by atoms with Crippen molar-refractivity contribution in [3.8, 4) is 33.8 Å². The van der Waals surface area contributed by atoms with Crippen molar-refractivity contribution in [2.45, 2.75) is 123 Å². The number of ether oxygens (including phenoxy) is 2. The van der Waals surface area contributed by atoms with E-state index in [0.29, 0.717) is 0 Å². The van der Waals surface area contributed by atoms with E-state index < -0.39 is 0 Å². The van der Waals surface area contributed by atoms with Gasteiger partial charge in [-0.05, 0) is 37.8 Å². The quantitative estimate of drug-likeness (QED) is 0.0542. The molecule has 0 radical (unpaired) electrons. The molecule has 0 atom stereocenters. The molecule has 46 heavy (non-hydrogen) atoms. The molecule has 1 heterocycles. The molecule has 0 saturated heterocycles. The molecule has 0 aliphatic rings. The maximum Gasteiger partial charge on any atom is 0.127 e. The van der Waals surface area contributed by atoms with Gasteiger partial charge in [0.1, 0.15) is 22.5 Å². The predicted molar refractivity (Wildman–Crippen MR) is 198 cm³/mol. The number of rotatable bonds is 24. The summed E-state index contributed by atoms with van der Waals surface area (Å²) in [4.78, 5) is 1.91. The van der Waals surface area contributed by atoms with E-state index in [4.69, 9.17) is 19.7 Å². The van der Waals surface area contributed by atoms with Crippen LogP contribution in [-0.2, 0) is 6.54 Å².